The van der Waals surface area contributed by atoms with Gasteiger partial charge in [0.05, 0.1) is 6.20 Å². The van der Waals surface area contributed by atoms with Crippen LogP contribution in [0.25, 0.3) is 10.9 Å². The van der Waals surface area contributed by atoms with Gasteiger partial charge in [0.1, 0.15) is 5.52 Å². The molecule has 0 bridgehead atoms. The molecular formula is C11H11BrF2N2O. The summed E-state index contributed by atoms with van der Waals surface area (Å²) >= 11 is 3.19. The van der Waals surface area contributed by atoms with E-state index in [9.17, 15) is 8.78 Å². The van der Waals surface area contributed by atoms with Gasteiger partial charge in [-0.15, -0.1) is 0 Å². The zero-order valence-corrected chi connectivity index (χ0v) is 10.8. The van der Waals surface area contributed by atoms with Gasteiger partial charge in [-0.1, -0.05) is 0 Å². The van der Waals surface area contributed by atoms with Crippen molar-refractivity contribution >= 4 is 26.8 Å². The minimum atomic E-state index is -0.877. The molecule has 0 atom stereocenters. The van der Waals surface area contributed by atoms with Gasteiger partial charge < -0.3 is 4.74 Å². The third-order valence-corrected chi connectivity index (χ3v) is 3.14. The lowest BCUT2D eigenvalue weighted by Gasteiger charge is -2.05. The first-order chi connectivity index (χ1) is 8.15. The largest absolute Gasteiger partial charge is 0.385 e. The van der Waals surface area contributed by atoms with Crippen LogP contribution in [0.4, 0.5) is 8.78 Å². The molecule has 0 saturated carbocycles. The third-order valence-electron chi connectivity index (χ3n) is 2.49. The molecule has 0 fully saturated rings. The maximum atomic E-state index is 13.7. The van der Waals surface area contributed by atoms with E-state index in [0.717, 1.165) is 6.07 Å². The number of hydrogen-bond donors (Lipinski definition) is 0. The first kappa shape index (κ1) is 12.4. The van der Waals surface area contributed by atoms with Crippen LogP contribution in [-0.2, 0) is 11.3 Å². The van der Waals surface area contributed by atoms with E-state index in [-0.39, 0.29) is 5.52 Å². The SMILES string of the molecule is COCCCn1ncc2c(Br)cc(F)c(F)c21. The van der Waals surface area contributed by atoms with Gasteiger partial charge in [0.25, 0.3) is 0 Å². The highest BCUT2D eigenvalue weighted by atomic mass is 79.9. The van der Waals surface area contributed by atoms with Crippen LogP contribution in [0.2, 0.25) is 0 Å². The summed E-state index contributed by atoms with van der Waals surface area (Å²) in [6, 6.07) is 1.11. The fraction of sp³-hybridized carbons (Fsp3) is 0.364. The molecule has 1 aromatic heterocycles. The van der Waals surface area contributed by atoms with Crippen molar-refractivity contribution in [2.75, 3.05) is 13.7 Å². The van der Waals surface area contributed by atoms with Crippen LogP contribution < -0.4 is 0 Å². The molecule has 6 heteroatoms. The summed E-state index contributed by atoms with van der Waals surface area (Å²) in [5.41, 5.74) is 0.188. The summed E-state index contributed by atoms with van der Waals surface area (Å²) in [5, 5.41) is 4.63. The first-order valence-electron chi connectivity index (χ1n) is 5.13. The van der Waals surface area contributed by atoms with Crippen molar-refractivity contribution < 1.29 is 13.5 Å². The maximum Gasteiger partial charge on any atom is 0.184 e. The number of aryl methyl sites for hydroxylation is 1. The average Bonchev–Trinajstić information content (AvgIpc) is 2.71. The molecule has 0 aliphatic rings. The number of rotatable bonds is 4. The van der Waals surface area contributed by atoms with E-state index < -0.39 is 11.6 Å². The van der Waals surface area contributed by atoms with Crippen LogP contribution in [0.3, 0.4) is 0 Å². The summed E-state index contributed by atoms with van der Waals surface area (Å²) < 4.78 is 33.8. The topological polar surface area (TPSA) is 27.1 Å². The van der Waals surface area contributed by atoms with Crippen molar-refractivity contribution in [1.29, 1.82) is 0 Å². The van der Waals surface area contributed by atoms with Gasteiger partial charge in [-0.05, 0) is 28.4 Å². The Morgan fingerprint density at radius 2 is 2.24 bits per heavy atom. The molecule has 0 spiro atoms. The van der Waals surface area contributed by atoms with Crippen molar-refractivity contribution in [3.05, 3.63) is 28.4 Å². The van der Waals surface area contributed by atoms with E-state index in [2.05, 4.69) is 21.0 Å². The molecule has 92 valence electrons. The number of benzene rings is 1. The molecule has 2 aromatic rings. The van der Waals surface area contributed by atoms with Gasteiger partial charge in [0.15, 0.2) is 11.6 Å². The highest BCUT2D eigenvalue weighted by molar-refractivity contribution is 9.10. The van der Waals surface area contributed by atoms with Gasteiger partial charge in [0.2, 0.25) is 0 Å². The smallest absolute Gasteiger partial charge is 0.184 e. The molecule has 0 aliphatic heterocycles. The van der Waals surface area contributed by atoms with Crippen molar-refractivity contribution in [3.63, 3.8) is 0 Å². The van der Waals surface area contributed by atoms with Crippen molar-refractivity contribution in [3.8, 4) is 0 Å². The molecule has 0 amide bonds. The maximum absolute atomic E-state index is 13.7. The normalized spacial score (nSPS) is 11.3. The van der Waals surface area contributed by atoms with Crippen LogP contribution in [0.1, 0.15) is 6.42 Å². The van der Waals surface area contributed by atoms with Crippen LogP contribution in [-0.4, -0.2) is 23.5 Å². The molecule has 0 radical (unpaired) electrons. The van der Waals surface area contributed by atoms with E-state index in [1.807, 2.05) is 0 Å². The molecule has 0 aliphatic carbocycles. The molecule has 2 rings (SSSR count). The van der Waals surface area contributed by atoms with Crippen LogP contribution in [0.5, 0.6) is 0 Å². The van der Waals surface area contributed by atoms with Gasteiger partial charge in [-0.3, -0.25) is 4.68 Å². The van der Waals surface area contributed by atoms with E-state index in [0.29, 0.717) is 29.4 Å². The fourth-order valence-electron chi connectivity index (χ4n) is 1.69. The lowest BCUT2D eigenvalue weighted by molar-refractivity contribution is 0.189. The summed E-state index contributed by atoms with van der Waals surface area (Å²) in [6.45, 7) is 1.05. The number of aromatic nitrogens is 2. The van der Waals surface area contributed by atoms with E-state index >= 15 is 0 Å². The zero-order chi connectivity index (χ0) is 12.4. The minimum Gasteiger partial charge on any atom is -0.385 e. The second kappa shape index (κ2) is 5.10. The monoisotopic (exact) mass is 304 g/mol. The summed E-state index contributed by atoms with van der Waals surface area (Å²) in [7, 11) is 1.60. The lowest BCUT2D eigenvalue weighted by Crippen LogP contribution is -2.04. The molecule has 1 heterocycles. The first-order valence-corrected chi connectivity index (χ1v) is 5.92. The van der Waals surface area contributed by atoms with Crippen molar-refractivity contribution in [2.45, 2.75) is 13.0 Å². The molecular weight excluding hydrogens is 294 g/mol. The third kappa shape index (κ3) is 2.32. The minimum absolute atomic E-state index is 0.188. The molecule has 1 aromatic carbocycles. The number of nitrogens with zero attached hydrogens (tertiary/aromatic N) is 2. The standard InChI is InChI=1S/C11H11BrF2N2O/c1-17-4-2-3-16-11-7(6-15-16)8(12)5-9(13)10(11)14/h5-6H,2-4H2,1H3. The quantitative estimate of drug-likeness (QED) is 0.641. The fourth-order valence-corrected chi connectivity index (χ4v) is 2.18. The predicted molar refractivity (Wildman–Crippen MR) is 63.8 cm³/mol. The highest BCUT2D eigenvalue weighted by Crippen LogP contribution is 2.28. The average molecular weight is 305 g/mol. The summed E-state index contributed by atoms with van der Waals surface area (Å²) in [6.07, 6.45) is 2.22. The predicted octanol–water partition coefficient (Wildman–Crippen LogP) is 3.11. The Hall–Kier alpha value is -1.01. The number of hydrogen-bond acceptors (Lipinski definition) is 2. The highest BCUT2D eigenvalue weighted by Gasteiger charge is 2.15. The zero-order valence-electron chi connectivity index (χ0n) is 9.21. The second-order valence-corrected chi connectivity index (χ2v) is 4.48. The Bertz CT molecular complexity index is 542. The summed E-state index contributed by atoms with van der Waals surface area (Å²) in [5.74, 6) is -1.74. The number of fused-ring (bicyclic) bond motifs is 1. The Kier molecular flexibility index (Phi) is 3.73. The van der Waals surface area contributed by atoms with E-state index in [1.165, 1.54) is 10.9 Å². The van der Waals surface area contributed by atoms with Crippen LogP contribution in [0, 0.1) is 11.6 Å². The van der Waals surface area contributed by atoms with E-state index in [1.54, 1.807) is 7.11 Å². The Morgan fingerprint density at radius 3 is 2.94 bits per heavy atom. The number of halogens is 3. The van der Waals surface area contributed by atoms with Crippen LogP contribution >= 0.6 is 15.9 Å². The number of methoxy groups -OCH3 is 1. The molecule has 0 unspecified atom stereocenters. The Morgan fingerprint density at radius 1 is 1.47 bits per heavy atom. The van der Waals surface area contributed by atoms with Gasteiger partial charge >= 0.3 is 0 Å². The van der Waals surface area contributed by atoms with Crippen molar-refractivity contribution in [1.82, 2.24) is 9.78 Å². The lowest BCUT2D eigenvalue weighted by atomic mass is 10.2. The van der Waals surface area contributed by atoms with Gasteiger partial charge in [-0.2, -0.15) is 5.10 Å². The molecule has 0 N–H and O–H groups in total. The molecule has 0 saturated heterocycles. The Labute approximate surface area is 105 Å². The van der Waals surface area contributed by atoms with Crippen molar-refractivity contribution in [2.24, 2.45) is 0 Å². The number of ether oxygens (including phenoxy) is 1. The molecule has 3 nitrogen and oxygen atoms in total. The van der Waals surface area contributed by atoms with Crippen LogP contribution in [0.15, 0.2) is 16.7 Å². The molecule has 17 heavy (non-hydrogen) atoms. The Balaban J connectivity index is 2.44. The van der Waals surface area contributed by atoms with E-state index in [4.69, 9.17) is 4.74 Å². The van der Waals surface area contributed by atoms with Gasteiger partial charge in [-0.25, -0.2) is 8.78 Å². The second-order valence-electron chi connectivity index (χ2n) is 3.63. The summed E-state index contributed by atoms with van der Waals surface area (Å²) in [4.78, 5) is 0. The van der Waals surface area contributed by atoms with Gasteiger partial charge in [0, 0.05) is 30.1 Å².